The van der Waals surface area contributed by atoms with Gasteiger partial charge >= 0.3 is 6.03 Å². The van der Waals surface area contributed by atoms with E-state index >= 15 is 0 Å². The fraction of sp³-hybridized carbons (Fsp3) is 0.350. The van der Waals surface area contributed by atoms with Crippen molar-refractivity contribution in [3.63, 3.8) is 0 Å². The van der Waals surface area contributed by atoms with E-state index in [9.17, 15) is 9.59 Å². The van der Waals surface area contributed by atoms with E-state index in [0.29, 0.717) is 18.8 Å². The van der Waals surface area contributed by atoms with Gasteiger partial charge in [-0.05, 0) is 36.8 Å². The first-order valence-electron chi connectivity index (χ1n) is 8.84. The van der Waals surface area contributed by atoms with Crippen molar-refractivity contribution in [2.45, 2.75) is 25.9 Å². The maximum Gasteiger partial charge on any atom is 0.317 e. The average molecular weight is 368 g/mol. The minimum absolute atomic E-state index is 0.0304. The molecule has 7 nitrogen and oxygen atoms in total. The maximum absolute atomic E-state index is 12.5. The number of methoxy groups -OCH3 is 1. The molecule has 1 N–H and O–H groups in total. The molecule has 142 valence electrons. The van der Waals surface area contributed by atoms with Gasteiger partial charge < -0.3 is 19.9 Å². The fourth-order valence-electron chi connectivity index (χ4n) is 3.22. The number of carbonyl (C=O) groups excluding carboxylic acids is 2. The molecule has 1 saturated heterocycles. The van der Waals surface area contributed by atoms with Crippen LogP contribution in [0.4, 0.5) is 10.5 Å². The number of benzene rings is 1. The van der Waals surface area contributed by atoms with Crippen LogP contribution in [0, 0.1) is 6.92 Å². The zero-order valence-electron chi connectivity index (χ0n) is 15.8. The highest BCUT2D eigenvalue weighted by Gasteiger charge is 2.33. The van der Waals surface area contributed by atoms with Gasteiger partial charge in [-0.2, -0.15) is 0 Å². The summed E-state index contributed by atoms with van der Waals surface area (Å²) in [6.07, 6.45) is 2.00. The largest absolute Gasteiger partial charge is 0.495 e. The molecule has 1 aromatic heterocycles. The van der Waals surface area contributed by atoms with E-state index in [1.54, 1.807) is 30.2 Å². The van der Waals surface area contributed by atoms with Gasteiger partial charge in [0.25, 0.3) is 0 Å². The quantitative estimate of drug-likeness (QED) is 0.879. The number of hydrogen-bond acceptors (Lipinski definition) is 4. The SMILES string of the molecule is COc1ccccc1N1CC(NC(=O)N(C)Cc2ccnc(C)c2)CC1=O. The molecule has 0 saturated carbocycles. The van der Waals surface area contributed by atoms with Crippen LogP contribution in [-0.4, -0.2) is 48.6 Å². The number of hydrogen-bond donors (Lipinski definition) is 1. The molecule has 27 heavy (non-hydrogen) atoms. The predicted octanol–water partition coefficient (Wildman–Crippen LogP) is 2.35. The summed E-state index contributed by atoms with van der Waals surface area (Å²) in [6.45, 7) is 2.82. The summed E-state index contributed by atoms with van der Waals surface area (Å²) in [6, 6.07) is 10.8. The Morgan fingerprint density at radius 3 is 2.89 bits per heavy atom. The van der Waals surface area contributed by atoms with Crippen molar-refractivity contribution >= 4 is 17.6 Å². The first kappa shape index (κ1) is 18.7. The third-order valence-corrected chi connectivity index (χ3v) is 4.56. The smallest absolute Gasteiger partial charge is 0.317 e. The molecular formula is C20H24N4O3. The molecule has 1 aromatic carbocycles. The summed E-state index contributed by atoms with van der Waals surface area (Å²) < 4.78 is 5.34. The normalized spacial score (nSPS) is 16.3. The van der Waals surface area contributed by atoms with Crippen molar-refractivity contribution in [2.75, 3.05) is 25.6 Å². The summed E-state index contributed by atoms with van der Waals surface area (Å²) in [4.78, 5) is 32.4. The molecular weight excluding hydrogens is 344 g/mol. The third-order valence-electron chi connectivity index (χ3n) is 4.56. The van der Waals surface area contributed by atoms with E-state index in [-0.39, 0.29) is 24.4 Å². The number of para-hydroxylation sites is 2. The summed E-state index contributed by atoms with van der Waals surface area (Å²) in [5.74, 6) is 0.611. The second-order valence-electron chi connectivity index (χ2n) is 6.69. The Morgan fingerprint density at radius 2 is 2.15 bits per heavy atom. The highest BCUT2D eigenvalue weighted by atomic mass is 16.5. The van der Waals surface area contributed by atoms with Crippen molar-refractivity contribution in [1.82, 2.24) is 15.2 Å². The van der Waals surface area contributed by atoms with Crippen LogP contribution in [0.5, 0.6) is 5.75 Å². The van der Waals surface area contributed by atoms with Crippen molar-refractivity contribution in [3.05, 3.63) is 53.9 Å². The third kappa shape index (κ3) is 4.36. The maximum atomic E-state index is 12.5. The lowest BCUT2D eigenvalue weighted by Gasteiger charge is -2.22. The second-order valence-corrected chi connectivity index (χ2v) is 6.69. The van der Waals surface area contributed by atoms with Gasteiger partial charge in [0, 0.05) is 38.4 Å². The molecule has 0 bridgehead atoms. The monoisotopic (exact) mass is 368 g/mol. The van der Waals surface area contributed by atoms with Crippen LogP contribution < -0.4 is 15.0 Å². The lowest BCUT2D eigenvalue weighted by atomic mass is 10.2. The molecule has 3 rings (SSSR count). The molecule has 7 heteroatoms. The number of amides is 3. The first-order valence-corrected chi connectivity index (χ1v) is 8.84. The summed E-state index contributed by atoms with van der Waals surface area (Å²) in [5, 5.41) is 2.95. The van der Waals surface area contributed by atoms with Gasteiger partial charge in [0.05, 0.1) is 18.8 Å². The van der Waals surface area contributed by atoms with Crippen molar-refractivity contribution in [3.8, 4) is 5.75 Å². The summed E-state index contributed by atoms with van der Waals surface area (Å²) >= 11 is 0. The van der Waals surface area contributed by atoms with E-state index in [1.807, 2.05) is 43.3 Å². The lowest BCUT2D eigenvalue weighted by molar-refractivity contribution is -0.117. The van der Waals surface area contributed by atoms with Crippen LogP contribution in [-0.2, 0) is 11.3 Å². The van der Waals surface area contributed by atoms with E-state index in [4.69, 9.17) is 4.74 Å². The number of nitrogens with one attached hydrogen (secondary N) is 1. The van der Waals surface area contributed by atoms with Crippen molar-refractivity contribution < 1.29 is 14.3 Å². The standard InChI is InChI=1S/C20H24N4O3/c1-14-10-15(8-9-21-14)12-23(2)20(26)22-16-11-19(25)24(13-16)17-6-4-5-7-18(17)27-3/h4-10,16H,11-13H2,1-3H3,(H,22,26). The number of rotatable bonds is 5. The van der Waals surface area contributed by atoms with E-state index in [0.717, 1.165) is 16.9 Å². The Labute approximate surface area is 158 Å². The summed E-state index contributed by atoms with van der Waals surface area (Å²) in [7, 11) is 3.31. The minimum Gasteiger partial charge on any atom is -0.495 e. The molecule has 1 atom stereocenters. The van der Waals surface area contributed by atoms with Crippen LogP contribution in [0.25, 0.3) is 0 Å². The lowest BCUT2D eigenvalue weighted by Crippen LogP contribution is -2.44. The van der Waals surface area contributed by atoms with E-state index < -0.39 is 0 Å². The Kier molecular flexibility index (Phi) is 5.59. The van der Waals surface area contributed by atoms with Gasteiger partial charge in [-0.15, -0.1) is 0 Å². The molecule has 0 aliphatic carbocycles. The number of ether oxygens (including phenoxy) is 1. The summed E-state index contributed by atoms with van der Waals surface area (Å²) in [5.41, 5.74) is 2.65. The number of carbonyl (C=O) groups is 2. The van der Waals surface area contributed by atoms with Gasteiger partial charge in [0.2, 0.25) is 5.91 Å². The Balaban J connectivity index is 1.61. The van der Waals surface area contributed by atoms with Gasteiger partial charge in [-0.1, -0.05) is 12.1 Å². The van der Waals surface area contributed by atoms with Crippen molar-refractivity contribution in [1.29, 1.82) is 0 Å². The van der Waals surface area contributed by atoms with Gasteiger partial charge in [-0.3, -0.25) is 9.78 Å². The molecule has 1 unspecified atom stereocenters. The molecule has 1 aliphatic rings. The number of aromatic nitrogens is 1. The van der Waals surface area contributed by atoms with E-state index in [2.05, 4.69) is 10.3 Å². The highest BCUT2D eigenvalue weighted by Crippen LogP contribution is 2.31. The zero-order chi connectivity index (χ0) is 19.4. The molecule has 1 aliphatic heterocycles. The average Bonchev–Trinajstić information content (AvgIpc) is 3.01. The zero-order valence-corrected chi connectivity index (χ0v) is 15.8. The molecule has 2 heterocycles. The topological polar surface area (TPSA) is 74.8 Å². The Morgan fingerprint density at radius 1 is 1.37 bits per heavy atom. The Hall–Kier alpha value is -3.09. The van der Waals surface area contributed by atoms with Gasteiger partial charge in [0.15, 0.2) is 0 Å². The van der Waals surface area contributed by atoms with E-state index in [1.165, 1.54) is 0 Å². The Bertz CT molecular complexity index is 839. The van der Waals surface area contributed by atoms with Crippen LogP contribution >= 0.6 is 0 Å². The molecule has 1 fully saturated rings. The number of nitrogens with zero attached hydrogens (tertiary/aromatic N) is 3. The van der Waals surface area contributed by atoms with Crippen LogP contribution in [0.15, 0.2) is 42.6 Å². The molecule has 2 aromatic rings. The minimum atomic E-state index is -0.239. The fourth-order valence-corrected chi connectivity index (χ4v) is 3.22. The first-order chi connectivity index (χ1) is 13.0. The number of pyridine rings is 1. The van der Waals surface area contributed by atoms with Gasteiger partial charge in [-0.25, -0.2) is 4.79 Å². The predicted molar refractivity (Wildman–Crippen MR) is 103 cm³/mol. The van der Waals surface area contributed by atoms with Crippen molar-refractivity contribution in [2.24, 2.45) is 0 Å². The number of urea groups is 1. The number of aryl methyl sites for hydroxylation is 1. The van der Waals surface area contributed by atoms with Crippen LogP contribution in [0.2, 0.25) is 0 Å². The number of anilines is 1. The van der Waals surface area contributed by atoms with Gasteiger partial charge in [0.1, 0.15) is 5.75 Å². The van der Waals surface area contributed by atoms with Crippen LogP contribution in [0.1, 0.15) is 17.7 Å². The molecule has 0 radical (unpaired) electrons. The second kappa shape index (κ2) is 8.07. The highest BCUT2D eigenvalue weighted by molar-refractivity contribution is 5.98. The van der Waals surface area contributed by atoms with Crippen LogP contribution in [0.3, 0.4) is 0 Å². The molecule has 0 spiro atoms. The molecule has 3 amide bonds.